The number of para-hydroxylation sites is 2. The van der Waals surface area contributed by atoms with Gasteiger partial charge in [0, 0.05) is 5.75 Å². The molecule has 0 fully saturated rings. The minimum atomic E-state index is -3.81. The summed E-state index contributed by atoms with van der Waals surface area (Å²) in [4.78, 5) is 4.69. The largest absolute Gasteiger partial charge is 0.270 e. The zero-order chi connectivity index (χ0) is 18.9. The van der Waals surface area contributed by atoms with Crippen molar-refractivity contribution in [3.05, 3.63) is 90.2 Å². The Kier molecular flexibility index (Phi) is 4.72. The van der Waals surface area contributed by atoms with Crippen molar-refractivity contribution in [2.45, 2.75) is 15.8 Å². The number of thioether (sulfide) groups is 1. The van der Waals surface area contributed by atoms with Crippen molar-refractivity contribution in [2.24, 2.45) is 0 Å². The van der Waals surface area contributed by atoms with E-state index in [1.165, 1.54) is 27.9 Å². The maximum Gasteiger partial charge on any atom is 0.270 e. The third-order valence-electron chi connectivity index (χ3n) is 4.03. The second-order valence-corrected chi connectivity index (χ2v) is 8.61. The summed E-state index contributed by atoms with van der Waals surface area (Å²) in [6.45, 7) is 0. The maximum absolute atomic E-state index is 13.4. The number of hydrogen-bond donors (Lipinski definition) is 0. The highest BCUT2D eigenvalue weighted by Crippen LogP contribution is 2.30. The Labute approximate surface area is 160 Å². The number of aromatic nitrogens is 2. The molecule has 0 aliphatic rings. The number of nitrogens with zero attached hydrogens (tertiary/aromatic N) is 2. The molecule has 0 saturated carbocycles. The molecule has 4 nitrogen and oxygen atoms in total. The Bertz CT molecular complexity index is 1210. The molecule has 27 heavy (non-hydrogen) atoms. The molecule has 4 rings (SSSR count). The summed E-state index contributed by atoms with van der Waals surface area (Å²) in [6.07, 6.45) is 0. The van der Waals surface area contributed by atoms with E-state index in [-0.39, 0.29) is 10.7 Å². The van der Waals surface area contributed by atoms with Gasteiger partial charge in [-0.15, -0.1) is 0 Å². The van der Waals surface area contributed by atoms with Crippen LogP contribution in [0.5, 0.6) is 0 Å². The third kappa shape index (κ3) is 3.48. The Morgan fingerprint density at radius 1 is 0.926 bits per heavy atom. The lowest BCUT2D eigenvalue weighted by molar-refractivity contribution is 0.584. The van der Waals surface area contributed by atoms with E-state index < -0.39 is 10.0 Å². The smallest absolute Gasteiger partial charge is 0.222 e. The third-order valence-corrected chi connectivity index (χ3v) is 6.87. The summed E-state index contributed by atoms with van der Waals surface area (Å²) in [7, 11) is -3.81. The van der Waals surface area contributed by atoms with Crippen LogP contribution in [0.1, 0.15) is 5.56 Å². The van der Waals surface area contributed by atoms with Gasteiger partial charge < -0.3 is 0 Å². The molecule has 0 aliphatic heterocycles. The van der Waals surface area contributed by atoms with Crippen LogP contribution >= 0.6 is 11.8 Å². The average molecular weight is 398 g/mol. The van der Waals surface area contributed by atoms with Crippen molar-refractivity contribution in [3.63, 3.8) is 0 Å². The lowest BCUT2D eigenvalue weighted by Gasteiger charge is -2.10. The van der Waals surface area contributed by atoms with Crippen LogP contribution in [0.25, 0.3) is 11.0 Å². The molecule has 136 valence electrons. The van der Waals surface area contributed by atoms with E-state index in [1.807, 2.05) is 6.07 Å². The zero-order valence-electron chi connectivity index (χ0n) is 14.1. The van der Waals surface area contributed by atoms with Gasteiger partial charge in [-0.3, -0.25) is 0 Å². The second kappa shape index (κ2) is 7.17. The fraction of sp³-hybridized carbons (Fsp3) is 0.0500. The molecule has 0 atom stereocenters. The molecule has 0 bridgehead atoms. The van der Waals surface area contributed by atoms with Gasteiger partial charge in [-0.2, -0.15) is 0 Å². The predicted molar refractivity (Wildman–Crippen MR) is 105 cm³/mol. The van der Waals surface area contributed by atoms with E-state index in [9.17, 15) is 12.8 Å². The first-order valence-electron chi connectivity index (χ1n) is 8.21. The van der Waals surface area contributed by atoms with Gasteiger partial charge in [-0.1, -0.05) is 54.2 Å². The van der Waals surface area contributed by atoms with E-state index in [4.69, 9.17) is 0 Å². The summed E-state index contributed by atoms with van der Waals surface area (Å²) in [5.74, 6) is 0.0873. The van der Waals surface area contributed by atoms with E-state index in [0.29, 0.717) is 21.9 Å². The van der Waals surface area contributed by atoms with Crippen molar-refractivity contribution in [3.8, 4) is 0 Å². The average Bonchev–Trinajstić information content (AvgIpc) is 3.06. The van der Waals surface area contributed by atoms with Gasteiger partial charge >= 0.3 is 0 Å². The molecule has 0 unspecified atom stereocenters. The molecule has 1 aromatic heterocycles. The molecule has 7 heteroatoms. The number of hydrogen-bond acceptors (Lipinski definition) is 4. The van der Waals surface area contributed by atoms with Crippen LogP contribution in [0.3, 0.4) is 0 Å². The Morgan fingerprint density at radius 3 is 2.44 bits per heavy atom. The molecule has 0 radical (unpaired) electrons. The first-order chi connectivity index (χ1) is 13.1. The first-order valence-corrected chi connectivity index (χ1v) is 10.6. The van der Waals surface area contributed by atoms with Crippen molar-refractivity contribution in [1.82, 2.24) is 8.96 Å². The molecule has 0 saturated heterocycles. The van der Waals surface area contributed by atoms with Crippen LogP contribution in [0.2, 0.25) is 0 Å². The molecule has 3 aromatic carbocycles. The van der Waals surface area contributed by atoms with Crippen LogP contribution in [0.15, 0.2) is 88.9 Å². The van der Waals surface area contributed by atoms with Gasteiger partial charge in [0.1, 0.15) is 5.82 Å². The fourth-order valence-corrected chi connectivity index (χ4v) is 5.46. The monoisotopic (exact) mass is 398 g/mol. The lowest BCUT2D eigenvalue weighted by Crippen LogP contribution is -2.14. The predicted octanol–water partition coefficient (Wildman–Crippen LogP) is 4.70. The summed E-state index contributed by atoms with van der Waals surface area (Å²) < 4.78 is 41.2. The molecule has 4 aromatic rings. The van der Waals surface area contributed by atoms with Crippen molar-refractivity contribution in [2.75, 3.05) is 0 Å². The van der Waals surface area contributed by atoms with Gasteiger partial charge in [0.2, 0.25) is 0 Å². The summed E-state index contributed by atoms with van der Waals surface area (Å²) in [5, 5.41) is 0.351. The van der Waals surface area contributed by atoms with E-state index in [1.54, 1.807) is 60.7 Å². The minimum Gasteiger partial charge on any atom is -0.222 e. The van der Waals surface area contributed by atoms with E-state index >= 15 is 0 Å². The SMILES string of the molecule is O=S(=O)(c1ccccc1)n1c(SCc2cccc(F)c2)nc2ccccc21. The number of fused-ring (bicyclic) bond motifs is 1. The standard InChI is InChI=1S/C20H15FN2O2S2/c21-16-8-6-7-15(13-16)14-26-20-22-18-11-4-5-12-19(18)23(20)27(24,25)17-9-2-1-3-10-17/h1-13H,14H2. The number of rotatable bonds is 5. The molecule has 0 N–H and O–H groups in total. The lowest BCUT2D eigenvalue weighted by atomic mass is 10.2. The van der Waals surface area contributed by atoms with Crippen LogP contribution in [-0.4, -0.2) is 17.4 Å². The van der Waals surface area contributed by atoms with Crippen LogP contribution < -0.4 is 0 Å². The molecule has 0 amide bonds. The highest BCUT2D eigenvalue weighted by Gasteiger charge is 2.24. The summed E-state index contributed by atoms with van der Waals surface area (Å²) in [6, 6.07) is 21.6. The Balaban J connectivity index is 1.80. The van der Waals surface area contributed by atoms with Gasteiger partial charge in [-0.05, 0) is 42.0 Å². The van der Waals surface area contributed by atoms with Crippen LogP contribution in [0, 0.1) is 5.82 Å². The van der Waals surface area contributed by atoms with Crippen LogP contribution in [0.4, 0.5) is 4.39 Å². The minimum absolute atomic E-state index is 0.195. The molecule has 0 spiro atoms. The van der Waals surface area contributed by atoms with E-state index in [0.717, 1.165) is 5.56 Å². The number of halogens is 1. The molecular formula is C20H15FN2O2S2. The zero-order valence-corrected chi connectivity index (χ0v) is 15.8. The first kappa shape index (κ1) is 17.8. The summed E-state index contributed by atoms with van der Waals surface area (Å²) in [5.41, 5.74) is 1.87. The highest BCUT2D eigenvalue weighted by atomic mass is 32.2. The summed E-state index contributed by atoms with van der Waals surface area (Å²) >= 11 is 1.26. The van der Waals surface area contributed by atoms with Gasteiger partial charge in [0.05, 0.1) is 15.9 Å². The topological polar surface area (TPSA) is 52.0 Å². The Morgan fingerprint density at radius 2 is 1.67 bits per heavy atom. The molecule has 0 aliphatic carbocycles. The normalized spacial score (nSPS) is 11.7. The maximum atomic E-state index is 13.4. The Hall–Kier alpha value is -2.64. The van der Waals surface area contributed by atoms with E-state index in [2.05, 4.69) is 4.98 Å². The van der Waals surface area contributed by atoms with Crippen molar-refractivity contribution >= 4 is 32.8 Å². The van der Waals surface area contributed by atoms with Crippen molar-refractivity contribution < 1.29 is 12.8 Å². The number of imidazole rings is 1. The molecular weight excluding hydrogens is 383 g/mol. The quantitative estimate of drug-likeness (QED) is 0.457. The van der Waals surface area contributed by atoms with Crippen LogP contribution in [-0.2, 0) is 15.8 Å². The fourth-order valence-electron chi connectivity index (χ4n) is 2.78. The van der Waals surface area contributed by atoms with Crippen molar-refractivity contribution in [1.29, 1.82) is 0 Å². The van der Waals surface area contributed by atoms with Gasteiger partial charge in [0.25, 0.3) is 10.0 Å². The second-order valence-electron chi connectivity index (χ2n) is 5.88. The number of benzene rings is 3. The van der Waals surface area contributed by atoms with Gasteiger partial charge in [-0.25, -0.2) is 21.8 Å². The van der Waals surface area contributed by atoms with Gasteiger partial charge in [0.15, 0.2) is 5.16 Å². The molecule has 1 heterocycles. The highest BCUT2D eigenvalue weighted by molar-refractivity contribution is 7.99.